The van der Waals surface area contributed by atoms with Crippen LogP contribution in [0.5, 0.6) is 0 Å². The SMILES string of the molecule is CCc1ccc(N(c2ccccc2)c2ccc3ccc4c(N(c5ccccc5)c5ccc(CC)cc5)ccc5ccc2c3c54)cc1. The van der Waals surface area contributed by atoms with Crippen LogP contribution in [0, 0.1) is 0 Å². The molecule has 8 aromatic carbocycles. The lowest BCUT2D eigenvalue weighted by Gasteiger charge is -2.29. The van der Waals surface area contributed by atoms with Gasteiger partial charge >= 0.3 is 0 Å². The maximum absolute atomic E-state index is 2.40. The molecular formula is C44H36N2. The molecule has 0 N–H and O–H groups in total. The topological polar surface area (TPSA) is 6.48 Å². The van der Waals surface area contributed by atoms with E-state index in [2.05, 4.69) is 181 Å². The molecule has 0 atom stereocenters. The lowest BCUT2D eigenvalue weighted by atomic mass is 9.91. The molecule has 0 aliphatic carbocycles. The van der Waals surface area contributed by atoms with E-state index in [4.69, 9.17) is 0 Å². The zero-order valence-electron chi connectivity index (χ0n) is 26.3. The van der Waals surface area contributed by atoms with E-state index in [9.17, 15) is 0 Å². The van der Waals surface area contributed by atoms with E-state index >= 15 is 0 Å². The van der Waals surface area contributed by atoms with Crippen LogP contribution in [-0.4, -0.2) is 0 Å². The van der Waals surface area contributed by atoms with Gasteiger partial charge in [-0.2, -0.15) is 0 Å². The Labute approximate surface area is 271 Å². The molecular weight excluding hydrogens is 556 g/mol. The molecule has 0 aliphatic heterocycles. The third-order valence-electron chi connectivity index (χ3n) is 9.33. The van der Waals surface area contributed by atoms with E-state index in [0.717, 1.165) is 35.6 Å². The minimum atomic E-state index is 1.02. The summed E-state index contributed by atoms with van der Waals surface area (Å²) < 4.78 is 0. The maximum Gasteiger partial charge on any atom is 0.0540 e. The van der Waals surface area contributed by atoms with Crippen LogP contribution in [0.25, 0.3) is 32.3 Å². The molecule has 0 bridgehead atoms. The Balaban J connectivity index is 1.38. The van der Waals surface area contributed by atoms with Gasteiger partial charge in [-0.25, -0.2) is 0 Å². The van der Waals surface area contributed by atoms with Crippen molar-refractivity contribution in [3.8, 4) is 0 Å². The van der Waals surface area contributed by atoms with Gasteiger partial charge in [0.25, 0.3) is 0 Å². The summed E-state index contributed by atoms with van der Waals surface area (Å²) in [5.74, 6) is 0. The van der Waals surface area contributed by atoms with Crippen molar-refractivity contribution < 1.29 is 0 Å². The Bertz CT molecular complexity index is 2090. The van der Waals surface area contributed by atoms with Crippen LogP contribution in [0.4, 0.5) is 34.1 Å². The van der Waals surface area contributed by atoms with Crippen molar-refractivity contribution in [2.24, 2.45) is 0 Å². The molecule has 0 fully saturated rings. The maximum atomic E-state index is 2.40. The molecule has 0 aliphatic rings. The number of rotatable bonds is 8. The van der Waals surface area contributed by atoms with Crippen molar-refractivity contribution in [3.05, 3.63) is 169 Å². The summed E-state index contributed by atoms with van der Waals surface area (Å²) in [6.45, 7) is 4.41. The van der Waals surface area contributed by atoms with Crippen LogP contribution < -0.4 is 9.80 Å². The molecule has 46 heavy (non-hydrogen) atoms. The van der Waals surface area contributed by atoms with Gasteiger partial charge < -0.3 is 9.80 Å². The summed E-state index contributed by atoms with van der Waals surface area (Å²) in [5.41, 5.74) is 9.64. The van der Waals surface area contributed by atoms with E-state index in [1.165, 1.54) is 54.8 Å². The fourth-order valence-electron chi connectivity index (χ4n) is 6.93. The second kappa shape index (κ2) is 11.7. The van der Waals surface area contributed by atoms with Crippen molar-refractivity contribution in [1.29, 1.82) is 0 Å². The first-order chi connectivity index (χ1) is 22.7. The molecule has 0 saturated carbocycles. The summed E-state index contributed by atoms with van der Waals surface area (Å²) in [7, 11) is 0. The summed E-state index contributed by atoms with van der Waals surface area (Å²) in [6, 6.07) is 57.8. The van der Waals surface area contributed by atoms with Gasteiger partial charge in [0.2, 0.25) is 0 Å². The molecule has 0 aromatic heterocycles. The number of anilines is 6. The zero-order valence-corrected chi connectivity index (χ0v) is 26.3. The molecule has 2 heteroatoms. The third-order valence-corrected chi connectivity index (χ3v) is 9.33. The second-order valence-electron chi connectivity index (χ2n) is 12.0. The van der Waals surface area contributed by atoms with Gasteiger partial charge in [-0.1, -0.05) is 111 Å². The molecule has 0 amide bonds. The molecule has 0 spiro atoms. The molecule has 0 unspecified atom stereocenters. The number of benzene rings is 8. The number of hydrogen-bond donors (Lipinski definition) is 0. The lowest BCUT2D eigenvalue weighted by molar-refractivity contribution is 1.14. The van der Waals surface area contributed by atoms with Gasteiger partial charge in [-0.3, -0.25) is 0 Å². The molecule has 2 nitrogen and oxygen atoms in total. The summed E-state index contributed by atoms with van der Waals surface area (Å²) in [6.07, 6.45) is 2.05. The molecule has 222 valence electrons. The highest BCUT2D eigenvalue weighted by atomic mass is 15.1. The molecule has 0 radical (unpaired) electrons. The highest BCUT2D eigenvalue weighted by molar-refractivity contribution is 6.28. The lowest BCUT2D eigenvalue weighted by Crippen LogP contribution is -2.11. The Morgan fingerprint density at radius 2 is 0.696 bits per heavy atom. The van der Waals surface area contributed by atoms with Crippen LogP contribution in [0.1, 0.15) is 25.0 Å². The first-order valence-electron chi connectivity index (χ1n) is 16.3. The van der Waals surface area contributed by atoms with Crippen LogP contribution in [-0.2, 0) is 12.8 Å². The Morgan fingerprint density at radius 1 is 0.348 bits per heavy atom. The van der Waals surface area contributed by atoms with E-state index in [1.807, 2.05) is 0 Å². The smallest absolute Gasteiger partial charge is 0.0540 e. The Hall–Kier alpha value is -5.60. The predicted molar refractivity (Wildman–Crippen MR) is 198 cm³/mol. The van der Waals surface area contributed by atoms with E-state index < -0.39 is 0 Å². The van der Waals surface area contributed by atoms with Gasteiger partial charge in [0.1, 0.15) is 0 Å². The van der Waals surface area contributed by atoms with Crippen LogP contribution in [0.2, 0.25) is 0 Å². The quantitative estimate of drug-likeness (QED) is 0.162. The Kier molecular flexibility index (Phi) is 7.11. The highest BCUT2D eigenvalue weighted by Crippen LogP contribution is 2.47. The third kappa shape index (κ3) is 4.74. The number of aryl methyl sites for hydroxylation is 2. The minimum Gasteiger partial charge on any atom is -0.310 e. The van der Waals surface area contributed by atoms with E-state index in [1.54, 1.807) is 0 Å². The highest BCUT2D eigenvalue weighted by Gasteiger charge is 2.21. The van der Waals surface area contributed by atoms with Crippen molar-refractivity contribution in [1.82, 2.24) is 0 Å². The fraction of sp³-hybridized carbons (Fsp3) is 0.0909. The minimum absolute atomic E-state index is 1.02. The molecule has 0 heterocycles. The molecule has 8 rings (SSSR count). The first kappa shape index (κ1) is 27.9. The van der Waals surface area contributed by atoms with Gasteiger partial charge in [-0.05, 0) is 106 Å². The summed E-state index contributed by atoms with van der Waals surface area (Å²) >= 11 is 0. The number of nitrogens with zero attached hydrogens (tertiary/aromatic N) is 2. The van der Waals surface area contributed by atoms with Crippen LogP contribution in [0.15, 0.2) is 158 Å². The molecule has 0 saturated heterocycles. The average molecular weight is 593 g/mol. The monoisotopic (exact) mass is 592 g/mol. The molecule has 8 aromatic rings. The van der Waals surface area contributed by atoms with E-state index in [0.29, 0.717) is 0 Å². The van der Waals surface area contributed by atoms with Gasteiger partial charge in [0.15, 0.2) is 0 Å². The van der Waals surface area contributed by atoms with Crippen molar-refractivity contribution >= 4 is 66.4 Å². The zero-order chi connectivity index (χ0) is 31.0. The van der Waals surface area contributed by atoms with Crippen LogP contribution in [0.3, 0.4) is 0 Å². The predicted octanol–water partition coefficient (Wildman–Crippen LogP) is 12.6. The summed E-state index contributed by atoms with van der Waals surface area (Å²) in [4.78, 5) is 4.80. The van der Waals surface area contributed by atoms with E-state index in [-0.39, 0.29) is 0 Å². The van der Waals surface area contributed by atoms with Crippen molar-refractivity contribution in [2.75, 3.05) is 9.80 Å². The second-order valence-corrected chi connectivity index (χ2v) is 12.0. The fourth-order valence-corrected chi connectivity index (χ4v) is 6.93. The Morgan fingerprint density at radius 3 is 1.07 bits per heavy atom. The normalized spacial score (nSPS) is 11.4. The number of para-hydroxylation sites is 2. The van der Waals surface area contributed by atoms with Crippen molar-refractivity contribution in [2.45, 2.75) is 26.7 Å². The largest absolute Gasteiger partial charge is 0.310 e. The standard InChI is InChI=1S/C44H36N2/c1-3-31-15-23-37(24-16-31)45(35-11-7-5-8-12-35)41-29-21-33-20-28-40-42(30-22-34-19-27-39(41)43(33)44(34)40)46(36-13-9-6-10-14-36)38-25-17-32(4-2)18-26-38/h5-30H,3-4H2,1-2H3. The van der Waals surface area contributed by atoms with Crippen molar-refractivity contribution in [3.63, 3.8) is 0 Å². The average Bonchev–Trinajstić information content (AvgIpc) is 3.13. The van der Waals surface area contributed by atoms with Crippen LogP contribution >= 0.6 is 0 Å². The van der Waals surface area contributed by atoms with Gasteiger partial charge in [-0.15, -0.1) is 0 Å². The van der Waals surface area contributed by atoms with Gasteiger partial charge in [0, 0.05) is 33.5 Å². The number of hydrogen-bond acceptors (Lipinski definition) is 2. The first-order valence-corrected chi connectivity index (χ1v) is 16.3. The van der Waals surface area contributed by atoms with Gasteiger partial charge in [0.05, 0.1) is 11.4 Å². The summed E-state index contributed by atoms with van der Waals surface area (Å²) in [5, 5.41) is 7.60.